The second-order valence-electron chi connectivity index (χ2n) is 3.74. The largest absolute Gasteiger partial charge is 0.370 e. The Morgan fingerprint density at radius 1 is 1.33 bits per heavy atom. The van der Waals surface area contributed by atoms with Gasteiger partial charge in [-0.25, -0.2) is 0 Å². The minimum absolute atomic E-state index is 0.197. The zero-order valence-corrected chi connectivity index (χ0v) is 8.31. The van der Waals surface area contributed by atoms with E-state index in [1.54, 1.807) is 6.07 Å². The fraction of sp³-hybridized carbons (Fsp3) is 0.273. The van der Waals surface area contributed by atoms with Crippen LogP contribution in [0.15, 0.2) is 29.3 Å². The van der Waals surface area contributed by atoms with Crippen LogP contribution in [-0.4, -0.2) is 11.9 Å². The van der Waals surface area contributed by atoms with E-state index in [-0.39, 0.29) is 11.9 Å². The van der Waals surface area contributed by atoms with Crippen LogP contribution >= 0.6 is 0 Å². The molecule has 78 valence electrons. The number of nitrogens with zero attached hydrogens (tertiary/aromatic N) is 1. The molecular weight excluding hydrogens is 190 g/mol. The Kier molecular flexibility index (Phi) is 2.41. The fourth-order valence-electron chi connectivity index (χ4n) is 1.52. The Morgan fingerprint density at radius 3 is 2.67 bits per heavy atom. The normalized spacial score (nSPS) is 14.7. The molecule has 0 bridgehead atoms. The Balaban J connectivity index is 2.24. The van der Waals surface area contributed by atoms with Gasteiger partial charge >= 0.3 is 0 Å². The van der Waals surface area contributed by atoms with Gasteiger partial charge in [0.2, 0.25) is 0 Å². The lowest BCUT2D eigenvalue weighted by molar-refractivity contribution is 0.100. The molecule has 4 heteroatoms. The SMILES string of the molecule is NC(N)=NC(=O)c1cccc(C2CC2)c1. The molecule has 0 heterocycles. The van der Waals surface area contributed by atoms with Crippen molar-refractivity contribution in [1.29, 1.82) is 0 Å². The smallest absolute Gasteiger partial charge is 0.280 e. The van der Waals surface area contributed by atoms with Crippen LogP contribution in [0, 0.1) is 0 Å². The van der Waals surface area contributed by atoms with Crippen LogP contribution in [0.2, 0.25) is 0 Å². The van der Waals surface area contributed by atoms with Crippen molar-refractivity contribution in [3.8, 4) is 0 Å². The number of guanidine groups is 1. The third-order valence-corrected chi connectivity index (χ3v) is 2.41. The second kappa shape index (κ2) is 3.73. The number of rotatable bonds is 2. The zero-order valence-electron chi connectivity index (χ0n) is 8.31. The van der Waals surface area contributed by atoms with Gasteiger partial charge in [0.1, 0.15) is 0 Å². The number of hydrogen-bond acceptors (Lipinski definition) is 1. The van der Waals surface area contributed by atoms with Gasteiger partial charge in [0.25, 0.3) is 5.91 Å². The van der Waals surface area contributed by atoms with Crippen molar-refractivity contribution in [2.24, 2.45) is 16.5 Å². The monoisotopic (exact) mass is 203 g/mol. The summed E-state index contributed by atoms with van der Waals surface area (Å²) in [4.78, 5) is 15.0. The molecule has 0 saturated heterocycles. The van der Waals surface area contributed by atoms with E-state index in [0.717, 1.165) is 0 Å². The summed E-state index contributed by atoms with van der Waals surface area (Å²) < 4.78 is 0. The van der Waals surface area contributed by atoms with Crippen molar-refractivity contribution >= 4 is 11.9 Å². The molecule has 1 fully saturated rings. The van der Waals surface area contributed by atoms with E-state index in [0.29, 0.717) is 11.5 Å². The molecule has 0 radical (unpaired) electrons. The van der Waals surface area contributed by atoms with Gasteiger partial charge in [-0.05, 0) is 36.5 Å². The Bertz CT molecular complexity index is 418. The maximum absolute atomic E-state index is 11.5. The molecule has 1 aliphatic rings. The summed E-state index contributed by atoms with van der Waals surface area (Å²) in [5.41, 5.74) is 12.0. The van der Waals surface area contributed by atoms with Gasteiger partial charge in [-0.2, -0.15) is 4.99 Å². The summed E-state index contributed by atoms with van der Waals surface area (Å²) in [7, 11) is 0. The van der Waals surface area contributed by atoms with Gasteiger partial charge < -0.3 is 11.5 Å². The van der Waals surface area contributed by atoms with Crippen molar-refractivity contribution < 1.29 is 4.79 Å². The molecule has 2 rings (SSSR count). The third-order valence-electron chi connectivity index (χ3n) is 2.41. The summed E-state index contributed by atoms with van der Waals surface area (Å²) >= 11 is 0. The van der Waals surface area contributed by atoms with E-state index >= 15 is 0 Å². The zero-order chi connectivity index (χ0) is 10.8. The topological polar surface area (TPSA) is 81.5 Å². The average Bonchev–Trinajstić information content (AvgIpc) is 3.00. The summed E-state index contributed by atoms with van der Waals surface area (Å²) in [5, 5.41) is 0. The number of hydrogen-bond donors (Lipinski definition) is 2. The molecule has 0 aliphatic heterocycles. The van der Waals surface area contributed by atoms with E-state index in [1.807, 2.05) is 18.2 Å². The molecule has 0 atom stereocenters. The van der Waals surface area contributed by atoms with E-state index in [4.69, 9.17) is 11.5 Å². The molecule has 0 aromatic heterocycles. The van der Waals surface area contributed by atoms with Crippen LogP contribution in [0.5, 0.6) is 0 Å². The molecule has 4 nitrogen and oxygen atoms in total. The van der Waals surface area contributed by atoms with Crippen molar-refractivity contribution in [2.45, 2.75) is 18.8 Å². The summed E-state index contributed by atoms with van der Waals surface area (Å²) in [5.74, 6) is 0.0475. The van der Waals surface area contributed by atoms with Gasteiger partial charge in [-0.3, -0.25) is 4.79 Å². The van der Waals surface area contributed by atoms with Gasteiger partial charge in [-0.1, -0.05) is 12.1 Å². The van der Waals surface area contributed by atoms with E-state index in [1.165, 1.54) is 18.4 Å². The Hall–Kier alpha value is -1.84. The molecule has 4 N–H and O–H groups in total. The first-order valence-electron chi connectivity index (χ1n) is 4.91. The first kappa shape index (κ1) is 9.71. The number of nitrogens with two attached hydrogens (primary N) is 2. The summed E-state index contributed by atoms with van der Waals surface area (Å²) in [6.45, 7) is 0. The first-order chi connectivity index (χ1) is 7.16. The van der Waals surface area contributed by atoms with Gasteiger partial charge in [-0.15, -0.1) is 0 Å². The van der Waals surface area contributed by atoms with Crippen LogP contribution in [-0.2, 0) is 0 Å². The maximum Gasteiger partial charge on any atom is 0.280 e. The molecule has 1 aliphatic carbocycles. The highest BCUT2D eigenvalue weighted by atomic mass is 16.1. The first-order valence-corrected chi connectivity index (χ1v) is 4.91. The van der Waals surface area contributed by atoms with Gasteiger partial charge in [0.15, 0.2) is 5.96 Å². The summed E-state index contributed by atoms with van der Waals surface area (Å²) in [6, 6.07) is 7.49. The second-order valence-corrected chi connectivity index (χ2v) is 3.74. The molecule has 1 aromatic carbocycles. The van der Waals surface area contributed by atoms with Crippen molar-refractivity contribution in [2.75, 3.05) is 0 Å². The number of benzene rings is 1. The van der Waals surface area contributed by atoms with Gasteiger partial charge in [0.05, 0.1) is 0 Å². The number of carbonyl (C=O) groups is 1. The minimum atomic E-state index is -0.377. The summed E-state index contributed by atoms with van der Waals surface area (Å²) in [6.07, 6.45) is 2.42. The lowest BCUT2D eigenvalue weighted by Crippen LogP contribution is -2.24. The highest BCUT2D eigenvalue weighted by Crippen LogP contribution is 2.40. The van der Waals surface area contributed by atoms with Crippen LogP contribution < -0.4 is 11.5 Å². The molecule has 1 saturated carbocycles. The quantitative estimate of drug-likeness (QED) is 0.555. The minimum Gasteiger partial charge on any atom is -0.370 e. The van der Waals surface area contributed by atoms with Crippen LogP contribution in [0.1, 0.15) is 34.7 Å². The van der Waals surface area contributed by atoms with E-state index in [2.05, 4.69) is 4.99 Å². The molecule has 0 unspecified atom stereocenters. The van der Waals surface area contributed by atoms with Crippen LogP contribution in [0.25, 0.3) is 0 Å². The average molecular weight is 203 g/mol. The van der Waals surface area contributed by atoms with E-state index in [9.17, 15) is 4.79 Å². The fourth-order valence-corrected chi connectivity index (χ4v) is 1.52. The lowest BCUT2D eigenvalue weighted by Gasteiger charge is -2.00. The number of amides is 1. The standard InChI is InChI=1S/C11H13N3O/c12-11(13)14-10(15)9-3-1-2-8(6-9)7-4-5-7/h1-3,6-7H,4-5H2,(H4,12,13,14,15). The Morgan fingerprint density at radius 2 is 2.07 bits per heavy atom. The molecule has 1 aromatic rings. The van der Waals surface area contributed by atoms with Crippen molar-refractivity contribution in [1.82, 2.24) is 0 Å². The predicted molar refractivity (Wildman–Crippen MR) is 58.6 cm³/mol. The molecule has 0 spiro atoms. The van der Waals surface area contributed by atoms with Crippen molar-refractivity contribution in [3.63, 3.8) is 0 Å². The maximum atomic E-state index is 11.5. The van der Waals surface area contributed by atoms with Crippen LogP contribution in [0.3, 0.4) is 0 Å². The predicted octanol–water partition coefficient (Wildman–Crippen LogP) is 0.978. The highest BCUT2D eigenvalue weighted by Gasteiger charge is 2.23. The van der Waals surface area contributed by atoms with Crippen LogP contribution in [0.4, 0.5) is 0 Å². The van der Waals surface area contributed by atoms with Gasteiger partial charge in [0, 0.05) is 5.56 Å². The number of carbonyl (C=O) groups excluding carboxylic acids is 1. The molecule has 15 heavy (non-hydrogen) atoms. The van der Waals surface area contributed by atoms with E-state index < -0.39 is 0 Å². The number of aliphatic imine (C=N–C) groups is 1. The third kappa shape index (κ3) is 2.34. The molecular formula is C11H13N3O. The molecule has 1 amide bonds. The van der Waals surface area contributed by atoms with Crippen molar-refractivity contribution in [3.05, 3.63) is 35.4 Å². The lowest BCUT2D eigenvalue weighted by atomic mass is 10.1. The Labute approximate surface area is 88.0 Å². The highest BCUT2D eigenvalue weighted by molar-refractivity contribution is 6.01.